The van der Waals surface area contributed by atoms with Crippen molar-refractivity contribution in [3.8, 4) is 11.5 Å². The van der Waals surface area contributed by atoms with E-state index in [0.29, 0.717) is 36.6 Å². The largest absolute Gasteiger partial charge is 0.454 e. The minimum atomic E-state index is -0.350. The fourth-order valence-corrected chi connectivity index (χ4v) is 2.84. The van der Waals surface area contributed by atoms with Gasteiger partial charge in [-0.1, -0.05) is 0 Å². The van der Waals surface area contributed by atoms with E-state index >= 15 is 0 Å². The molecular formula is C13H12N2O4. The number of ether oxygens (including phenoxy) is 2. The van der Waals surface area contributed by atoms with Gasteiger partial charge in [0.1, 0.15) is 6.04 Å². The minimum absolute atomic E-state index is 0.0330. The lowest BCUT2D eigenvalue weighted by Gasteiger charge is -2.20. The molecule has 19 heavy (non-hydrogen) atoms. The van der Waals surface area contributed by atoms with Crippen LogP contribution in [0.4, 0.5) is 5.69 Å². The van der Waals surface area contributed by atoms with E-state index in [1.807, 2.05) is 6.07 Å². The first-order valence-corrected chi connectivity index (χ1v) is 6.25. The number of nitrogens with one attached hydrogen (secondary N) is 1. The summed E-state index contributed by atoms with van der Waals surface area (Å²) in [4.78, 5) is 25.6. The van der Waals surface area contributed by atoms with Crippen LogP contribution in [-0.2, 0) is 16.1 Å². The highest BCUT2D eigenvalue weighted by Gasteiger charge is 2.39. The average molecular weight is 260 g/mol. The Morgan fingerprint density at radius 1 is 1.21 bits per heavy atom. The van der Waals surface area contributed by atoms with Gasteiger partial charge in [0.25, 0.3) is 0 Å². The maximum absolute atomic E-state index is 12.1. The molecule has 1 aromatic rings. The van der Waals surface area contributed by atoms with Gasteiger partial charge in [0.05, 0.1) is 0 Å². The van der Waals surface area contributed by atoms with Gasteiger partial charge in [-0.2, -0.15) is 0 Å². The molecule has 2 amide bonds. The lowest BCUT2D eigenvalue weighted by molar-refractivity contribution is -0.133. The second kappa shape index (κ2) is 3.63. The molecule has 1 saturated heterocycles. The number of nitrogens with zero attached hydrogens (tertiary/aromatic N) is 1. The molecule has 4 rings (SSSR count). The van der Waals surface area contributed by atoms with E-state index in [1.54, 1.807) is 11.0 Å². The Labute approximate surface area is 109 Å². The Kier molecular flexibility index (Phi) is 2.04. The third-order valence-electron chi connectivity index (χ3n) is 3.83. The van der Waals surface area contributed by atoms with Crippen molar-refractivity contribution in [2.75, 3.05) is 12.1 Å². The van der Waals surface area contributed by atoms with Crippen LogP contribution in [0.15, 0.2) is 12.1 Å². The molecule has 0 saturated carbocycles. The summed E-state index contributed by atoms with van der Waals surface area (Å²) in [6.07, 6.45) is 1.03. The van der Waals surface area contributed by atoms with Crippen LogP contribution in [0.25, 0.3) is 0 Å². The molecule has 0 aliphatic carbocycles. The quantitative estimate of drug-likeness (QED) is 0.751. The predicted molar refractivity (Wildman–Crippen MR) is 64.8 cm³/mol. The van der Waals surface area contributed by atoms with E-state index in [-0.39, 0.29) is 24.6 Å². The van der Waals surface area contributed by atoms with Crippen molar-refractivity contribution >= 4 is 17.5 Å². The third kappa shape index (κ3) is 1.49. The van der Waals surface area contributed by atoms with Crippen molar-refractivity contribution in [1.82, 2.24) is 4.90 Å². The van der Waals surface area contributed by atoms with Crippen LogP contribution in [0.3, 0.4) is 0 Å². The van der Waals surface area contributed by atoms with Crippen molar-refractivity contribution in [3.63, 3.8) is 0 Å². The third-order valence-corrected chi connectivity index (χ3v) is 3.83. The molecule has 98 valence electrons. The molecule has 0 spiro atoms. The number of hydrogen-bond donors (Lipinski definition) is 1. The summed E-state index contributed by atoms with van der Waals surface area (Å²) < 4.78 is 10.6. The van der Waals surface area contributed by atoms with Gasteiger partial charge in [0.15, 0.2) is 11.5 Å². The van der Waals surface area contributed by atoms with Gasteiger partial charge in [0.2, 0.25) is 18.6 Å². The molecule has 0 radical (unpaired) electrons. The Balaban J connectivity index is 1.80. The summed E-state index contributed by atoms with van der Waals surface area (Å²) in [5, 5.41) is 2.88. The van der Waals surface area contributed by atoms with Gasteiger partial charge in [-0.25, -0.2) is 0 Å². The number of hydrogen-bond acceptors (Lipinski definition) is 4. The van der Waals surface area contributed by atoms with Crippen LogP contribution >= 0.6 is 0 Å². The molecule has 1 atom stereocenters. The second-order valence-corrected chi connectivity index (χ2v) is 4.93. The normalized spacial score (nSPS) is 23.8. The molecule has 1 fully saturated rings. The Hall–Kier alpha value is -2.24. The summed E-state index contributed by atoms with van der Waals surface area (Å²) in [6, 6.07) is 3.25. The molecule has 6 heteroatoms. The van der Waals surface area contributed by atoms with Crippen molar-refractivity contribution < 1.29 is 19.1 Å². The lowest BCUT2D eigenvalue weighted by atomic mass is 10.1. The molecule has 3 aliphatic rings. The highest BCUT2D eigenvalue weighted by molar-refractivity contribution is 6.00. The van der Waals surface area contributed by atoms with E-state index in [0.717, 1.165) is 5.56 Å². The van der Waals surface area contributed by atoms with Gasteiger partial charge in [-0.3, -0.25) is 9.59 Å². The number of rotatable bonds is 0. The van der Waals surface area contributed by atoms with Crippen LogP contribution < -0.4 is 14.8 Å². The van der Waals surface area contributed by atoms with Gasteiger partial charge in [-0.05, 0) is 18.1 Å². The van der Waals surface area contributed by atoms with Crippen LogP contribution in [-0.4, -0.2) is 29.5 Å². The fourth-order valence-electron chi connectivity index (χ4n) is 2.84. The van der Waals surface area contributed by atoms with Gasteiger partial charge < -0.3 is 19.7 Å². The SMILES string of the molecule is O=C1Nc2cc3c(cc2CN2C(=O)CC[C@H]12)OCO3. The van der Waals surface area contributed by atoms with E-state index < -0.39 is 0 Å². The van der Waals surface area contributed by atoms with Crippen LogP contribution in [0.5, 0.6) is 11.5 Å². The number of carbonyl (C=O) groups is 2. The van der Waals surface area contributed by atoms with Crippen molar-refractivity contribution in [3.05, 3.63) is 17.7 Å². The van der Waals surface area contributed by atoms with E-state index in [1.165, 1.54) is 0 Å². The summed E-state index contributed by atoms with van der Waals surface area (Å²) in [5.74, 6) is 1.21. The first kappa shape index (κ1) is 10.7. The molecule has 0 aromatic heterocycles. The van der Waals surface area contributed by atoms with Gasteiger partial charge >= 0.3 is 0 Å². The Bertz CT molecular complexity index is 599. The van der Waals surface area contributed by atoms with Crippen LogP contribution in [0.2, 0.25) is 0 Å². The zero-order valence-corrected chi connectivity index (χ0v) is 10.1. The smallest absolute Gasteiger partial charge is 0.247 e. The topological polar surface area (TPSA) is 67.9 Å². The maximum Gasteiger partial charge on any atom is 0.247 e. The fraction of sp³-hybridized carbons (Fsp3) is 0.385. The molecule has 3 aliphatic heterocycles. The molecule has 0 unspecified atom stereocenters. The standard InChI is InChI=1S/C13H12N2O4/c16-12-2-1-9-13(17)14-8-4-11-10(18-6-19-11)3-7(8)5-15(9)12/h3-4,9H,1-2,5-6H2,(H,14,17)/t9-/m1/s1. The van der Waals surface area contributed by atoms with Crippen molar-refractivity contribution in [2.45, 2.75) is 25.4 Å². The molecule has 1 aromatic carbocycles. The monoisotopic (exact) mass is 260 g/mol. The molecule has 1 N–H and O–H groups in total. The predicted octanol–water partition coefficient (Wildman–Crippen LogP) is 0.858. The van der Waals surface area contributed by atoms with E-state index in [4.69, 9.17) is 9.47 Å². The number of benzene rings is 1. The number of fused-ring (bicyclic) bond motifs is 3. The Morgan fingerprint density at radius 2 is 2.00 bits per heavy atom. The second-order valence-electron chi connectivity index (χ2n) is 4.93. The van der Waals surface area contributed by atoms with Gasteiger partial charge in [-0.15, -0.1) is 0 Å². The summed E-state index contributed by atoms with van der Waals surface area (Å²) in [6.45, 7) is 0.631. The van der Waals surface area contributed by atoms with E-state index in [9.17, 15) is 9.59 Å². The van der Waals surface area contributed by atoms with E-state index in [2.05, 4.69) is 5.32 Å². The molecular weight excluding hydrogens is 248 g/mol. The first-order valence-electron chi connectivity index (χ1n) is 6.25. The minimum Gasteiger partial charge on any atom is -0.454 e. The highest BCUT2D eigenvalue weighted by atomic mass is 16.7. The Morgan fingerprint density at radius 3 is 2.84 bits per heavy atom. The van der Waals surface area contributed by atoms with Crippen molar-refractivity contribution in [2.24, 2.45) is 0 Å². The molecule has 6 nitrogen and oxygen atoms in total. The summed E-state index contributed by atoms with van der Waals surface area (Å²) in [5.41, 5.74) is 1.59. The van der Waals surface area contributed by atoms with Gasteiger partial charge in [0, 0.05) is 24.7 Å². The lowest BCUT2D eigenvalue weighted by Crippen LogP contribution is -2.38. The number of carbonyl (C=O) groups excluding carboxylic acids is 2. The van der Waals surface area contributed by atoms with Crippen LogP contribution in [0, 0.1) is 0 Å². The summed E-state index contributed by atoms with van der Waals surface area (Å²) in [7, 11) is 0. The average Bonchev–Trinajstić information content (AvgIpc) is 2.94. The zero-order valence-electron chi connectivity index (χ0n) is 10.1. The first-order chi connectivity index (χ1) is 9.22. The highest BCUT2D eigenvalue weighted by Crippen LogP contribution is 2.39. The zero-order chi connectivity index (χ0) is 13.0. The molecule has 0 bridgehead atoms. The maximum atomic E-state index is 12.1. The van der Waals surface area contributed by atoms with Crippen LogP contribution in [0.1, 0.15) is 18.4 Å². The summed E-state index contributed by atoms with van der Waals surface area (Å²) >= 11 is 0. The molecule has 3 heterocycles. The number of amides is 2. The van der Waals surface area contributed by atoms with Crippen molar-refractivity contribution in [1.29, 1.82) is 0 Å². The number of anilines is 1.